The van der Waals surface area contributed by atoms with Gasteiger partial charge in [-0.1, -0.05) is 0 Å². The molecule has 0 aliphatic rings. The van der Waals surface area contributed by atoms with E-state index in [9.17, 15) is 10.1 Å². The molecule has 0 atom stereocenters. The van der Waals surface area contributed by atoms with Gasteiger partial charge in [-0.2, -0.15) is 4.98 Å². The minimum absolute atomic E-state index is 0.0136. The van der Waals surface area contributed by atoms with Gasteiger partial charge in [0.15, 0.2) is 0 Å². The molecule has 0 aromatic carbocycles. The molecule has 1 heterocycles. The molecule has 1 N–H and O–H groups in total. The Morgan fingerprint density at radius 2 is 1.89 bits per heavy atom. The van der Waals surface area contributed by atoms with Crippen LogP contribution in [0, 0.1) is 17.0 Å². The Hall–Kier alpha value is -1.92. The molecule has 0 unspecified atom stereocenters. The molecule has 0 saturated carbocycles. The lowest BCUT2D eigenvalue weighted by Gasteiger charge is -2.20. The first-order chi connectivity index (χ1) is 8.54. The molecule has 0 radical (unpaired) electrons. The third-order valence-electron chi connectivity index (χ3n) is 2.62. The lowest BCUT2D eigenvalue weighted by Crippen LogP contribution is -2.25. The van der Waals surface area contributed by atoms with E-state index in [4.69, 9.17) is 0 Å². The zero-order valence-electron chi connectivity index (χ0n) is 11.2. The number of nitrogens with one attached hydrogen (secondary N) is 1. The fraction of sp³-hybridized carbons (Fsp3) is 0.636. The highest BCUT2D eigenvalue weighted by Crippen LogP contribution is 2.29. The molecule has 7 nitrogen and oxygen atoms in total. The van der Waals surface area contributed by atoms with Gasteiger partial charge in [0.25, 0.3) is 0 Å². The van der Waals surface area contributed by atoms with Gasteiger partial charge in [-0.3, -0.25) is 10.1 Å². The van der Waals surface area contributed by atoms with E-state index in [-0.39, 0.29) is 5.69 Å². The van der Waals surface area contributed by atoms with Gasteiger partial charge in [0.2, 0.25) is 11.8 Å². The molecular weight excluding hydrogens is 234 g/mol. The highest BCUT2D eigenvalue weighted by molar-refractivity contribution is 5.62. The summed E-state index contributed by atoms with van der Waals surface area (Å²) in [5.41, 5.74) is 0.369. The maximum Gasteiger partial charge on any atom is 0.332 e. The van der Waals surface area contributed by atoms with E-state index >= 15 is 0 Å². The van der Waals surface area contributed by atoms with Crippen LogP contribution in [0.15, 0.2) is 0 Å². The van der Waals surface area contributed by atoms with Crippen LogP contribution in [0.3, 0.4) is 0 Å². The number of hydrogen-bond donors (Lipinski definition) is 1. The van der Waals surface area contributed by atoms with Crippen molar-refractivity contribution < 1.29 is 4.92 Å². The van der Waals surface area contributed by atoms with E-state index in [0.29, 0.717) is 37.1 Å². The molecule has 0 amide bonds. The van der Waals surface area contributed by atoms with Gasteiger partial charge in [0, 0.05) is 19.6 Å². The Bertz CT molecular complexity index is 432. The first kappa shape index (κ1) is 14.1. The number of rotatable bonds is 6. The van der Waals surface area contributed by atoms with Crippen molar-refractivity contribution in [1.82, 2.24) is 9.97 Å². The maximum absolute atomic E-state index is 11.1. The molecule has 100 valence electrons. The summed E-state index contributed by atoms with van der Waals surface area (Å²) in [4.78, 5) is 20.9. The quantitative estimate of drug-likeness (QED) is 0.616. The van der Waals surface area contributed by atoms with Crippen LogP contribution in [0.1, 0.15) is 26.5 Å². The monoisotopic (exact) mass is 253 g/mol. The zero-order valence-corrected chi connectivity index (χ0v) is 11.2. The molecule has 1 aromatic rings. The fourth-order valence-corrected chi connectivity index (χ4v) is 1.75. The summed E-state index contributed by atoms with van der Waals surface area (Å²) in [6.45, 7) is 9.45. The molecule has 0 spiro atoms. The summed E-state index contributed by atoms with van der Waals surface area (Å²) in [6.07, 6.45) is 0. The van der Waals surface area contributed by atoms with Crippen LogP contribution in [0.5, 0.6) is 0 Å². The lowest BCUT2D eigenvalue weighted by atomic mass is 10.3. The summed E-state index contributed by atoms with van der Waals surface area (Å²) in [5, 5.41) is 14.1. The predicted molar refractivity (Wildman–Crippen MR) is 71.1 cm³/mol. The van der Waals surface area contributed by atoms with Crippen molar-refractivity contribution in [3.63, 3.8) is 0 Å². The van der Waals surface area contributed by atoms with Gasteiger partial charge in [-0.25, -0.2) is 4.98 Å². The van der Waals surface area contributed by atoms with Gasteiger partial charge in [0.1, 0.15) is 5.69 Å². The molecule has 0 fully saturated rings. The molecular formula is C11H19N5O2. The third kappa shape index (κ3) is 2.85. The maximum atomic E-state index is 11.1. The summed E-state index contributed by atoms with van der Waals surface area (Å²) < 4.78 is 0. The van der Waals surface area contributed by atoms with Crippen molar-refractivity contribution >= 4 is 17.5 Å². The topological polar surface area (TPSA) is 84.2 Å². The molecule has 0 aliphatic heterocycles. The van der Waals surface area contributed by atoms with Gasteiger partial charge in [-0.15, -0.1) is 0 Å². The Morgan fingerprint density at radius 1 is 1.28 bits per heavy atom. The Kier molecular flexibility index (Phi) is 4.82. The van der Waals surface area contributed by atoms with E-state index in [2.05, 4.69) is 15.3 Å². The van der Waals surface area contributed by atoms with Crippen molar-refractivity contribution in [1.29, 1.82) is 0 Å². The third-order valence-corrected chi connectivity index (χ3v) is 2.62. The number of aryl methyl sites for hydroxylation is 1. The fourth-order valence-electron chi connectivity index (χ4n) is 1.75. The standard InChI is InChI=1S/C11H19N5O2/c1-5-12-11-13-8(4)9(16(17)18)10(14-11)15(6-2)7-3/h5-7H2,1-4H3,(H,12,13,14). The molecule has 1 aromatic heterocycles. The minimum atomic E-state index is -0.418. The highest BCUT2D eigenvalue weighted by atomic mass is 16.6. The van der Waals surface area contributed by atoms with Crippen LogP contribution in [0.25, 0.3) is 0 Å². The van der Waals surface area contributed by atoms with Crippen molar-refractivity contribution in [2.45, 2.75) is 27.7 Å². The molecule has 18 heavy (non-hydrogen) atoms. The van der Waals surface area contributed by atoms with Crippen LogP contribution < -0.4 is 10.2 Å². The highest BCUT2D eigenvalue weighted by Gasteiger charge is 2.25. The summed E-state index contributed by atoms with van der Waals surface area (Å²) in [6, 6.07) is 0. The van der Waals surface area contributed by atoms with Crippen LogP contribution in [-0.2, 0) is 0 Å². The zero-order chi connectivity index (χ0) is 13.7. The van der Waals surface area contributed by atoms with E-state index in [1.807, 2.05) is 25.7 Å². The summed E-state index contributed by atoms with van der Waals surface area (Å²) in [7, 11) is 0. The van der Waals surface area contributed by atoms with E-state index in [1.54, 1.807) is 6.92 Å². The average Bonchev–Trinajstić information content (AvgIpc) is 2.30. The molecule has 0 aliphatic carbocycles. The number of anilines is 2. The van der Waals surface area contributed by atoms with Crippen molar-refractivity contribution in [3.8, 4) is 0 Å². The molecule has 7 heteroatoms. The largest absolute Gasteiger partial charge is 0.354 e. The van der Waals surface area contributed by atoms with Gasteiger partial charge in [0.05, 0.1) is 4.92 Å². The summed E-state index contributed by atoms with van der Waals surface area (Å²) in [5.74, 6) is 0.816. The van der Waals surface area contributed by atoms with Gasteiger partial charge in [-0.05, 0) is 27.7 Å². The van der Waals surface area contributed by atoms with Crippen LogP contribution >= 0.6 is 0 Å². The smallest absolute Gasteiger partial charge is 0.332 e. The van der Waals surface area contributed by atoms with E-state index in [1.165, 1.54) is 0 Å². The molecule has 0 saturated heterocycles. The van der Waals surface area contributed by atoms with Crippen LogP contribution in [0.2, 0.25) is 0 Å². The van der Waals surface area contributed by atoms with Crippen molar-refractivity contribution in [2.75, 3.05) is 29.9 Å². The molecule has 1 rings (SSSR count). The second-order valence-electron chi connectivity index (χ2n) is 3.76. The Labute approximate surface area is 106 Å². The van der Waals surface area contributed by atoms with E-state index < -0.39 is 4.92 Å². The van der Waals surface area contributed by atoms with Crippen molar-refractivity contribution in [2.24, 2.45) is 0 Å². The van der Waals surface area contributed by atoms with Gasteiger partial charge < -0.3 is 10.2 Å². The number of nitro groups is 1. The van der Waals surface area contributed by atoms with Crippen LogP contribution in [0.4, 0.5) is 17.5 Å². The average molecular weight is 253 g/mol. The second kappa shape index (κ2) is 6.13. The number of hydrogen-bond acceptors (Lipinski definition) is 6. The van der Waals surface area contributed by atoms with Gasteiger partial charge >= 0.3 is 5.69 Å². The first-order valence-electron chi connectivity index (χ1n) is 6.06. The van der Waals surface area contributed by atoms with Crippen LogP contribution in [-0.4, -0.2) is 34.5 Å². The lowest BCUT2D eigenvalue weighted by molar-refractivity contribution is -0.385. The van der Waals surface area contributed by atoms with E-state index in [0.717, 1.165) is 0 Å². The number of nitrogens with zero attached hydrogens (tertiary/aromatic N) is 4. The minimum Gasteiger partial charge on any atom is -0.354 e. The Morgan fingerprint density at radius 3 is 2.33 bits per heavy atom. The first-order valence-corrected chi connectivity index (χ1v) is 6.06. The molecule has 0 bridgehead atoms. The normalized spacial score (nSPS) is 10.2. The summed E-state index contributed by atoms with van der Waals surface area (Å²) >= 11 is 0. The van der Waals surface area contributed by atoms with Crippen molar-refractivity contribution in [3.05, 3.63) is 15.8 Å². The number of aromatic nitrogens is 2. The Balaban J connectivity index is 3.36. The predicted octanol–water partition coefficient (Wildman–Crippen LogP) is 1.97. The second-order valence-corrected chi connectivity index (χ2v) is 3.76. The SMILES string of the molecule is CCNc1nc(C)c([N+](=O)[O-])c(N(CC)CC)n1.